The van der Waals surface area contributed by atoms with E-state index in [1.165, 1.54) is 28.1 Å². The maximum atomic E-state index is 13.5. The van der Waals surface area contributed by atoms with Gasteiger partial charge in [-0.05, 0) is 59.0 Å². The van der Waals surface area contributed by atoms with Crippen molar-refractivity contribution in [3.05, 3.63) is 46.0 Å². The van der Waals surface area contributed by atoms with Gasteiger partial charge in [0.25, 0.3) is 0 Å². The molecule has 0 spiro atoms. The van der Waals surface area contributed by atoms with Crippen LogP contribution in [0.3, 0.4) is 0 Å². The number of hydrogen-bond acceptors (Lipinski definition) is 9. The Hall–Kier alpha value is -3.30. The lowest BCUT2D eigenvalue weighted by atomic mass is 9.87. The van der Waals surface area contributed by atoms with Crippen molar-refractivity contribution in [2.45, 2.75) is 52.1 Å². The molecular weight excluding hydrogens is 512 g/mol. The van der Waals surface area contributed by atoms with E-state index in [2.05, 4.69) is 10.2 Å². The third-order valence-electron chi connectivity index (χ3n) is 6.53. The SMILES string of the molecule is COc1cc(OC)c([C@H]2CCN(C)[C@@H]2COC(C)=O)c(OC(=O)c2ccc(NC(C)C)cc2Cl)c1C(C)=O. The summed E-state index contributed by atoms with van der Waals surface area (Å²) in [5.41, 5.74) is 1.55. The number of likely N-dealkylation sites (tertiary alicyclic amines) is 1. The number of methoxy groups -OCH3 is 2. The molecule has 1 aliphatic rings. The molecule has 0 unspecified atom stereocenters. The van der Waals surface area contributed by atoms with Crippen LogP contribution in [-0.4, -0.2) is 69.1 Å². The number of ketones is 1. The van der Waals surface area contributed by atoms with E-state index in [9.17, 15) is 14.4 Å². The first kappa shape index (κ1) is 29.3. The van der Waals surface area contributed by atoms with Gasteiger partial charge in [0.05, 0.1) is 30.8 Å². The van der Waals surface area contributed by atoms with Crippen molar-refractivity contribution < 1.29 is 33.3 Å². The predicted octanol–water partition coefficient (Wildman–Crippen LogP) is 4.95. The van der Waals surface area contributed by atoms with Crippen molar-refractivity contribution >= 4 is 35.0 Å². The monoisotopic (exact) mass is 546 g/mol. The fourth-order valence-electron chi connectivity index (χ4n) is 4.79. The standard InChI is InChI=1S/C28H35ClN2O7/c1-15(2)30-18-8-9-19(21(29)12-18)28(34)38-27-25(16(3)32)23(35-6)13-24(36-7)26(27)20-10-11-31(5)22(20)14-37-17(4)33/h8-9,12-13,15,20,22,30H,10-11,14H2,1-7H3/t20-,22+/m0/s1. The lowest BCUT2D eigenvalue weighted by Gasteiger charge is -2.28. The molecule has 1 saturated heterocycles. The Balaban J connectivity index is 2.15. The molecule has 38 heavy (non-hydrogen) atoms. The maximum absolute atomic E-state index is 13.5. The van der Waals surface area contributed by atoms with Gasteiger partial charge in [0, 0.05) is 36.2 Å². The van der Waals surface area contributed by atoms with Gasteiger partial charge in [0.1, 0.15) is 23.7 Å². The number of hydrogen-bond donors (Lipinski definition) is 1. The lowest BCUT2D eigenvalue weighted by molar-refractivity contribution is -0.142. The number of anilines is 1. The van der Waals surface area contributed by atoms with Crippen molar-refractivity contribution in [3.8, 4) is 17.2 Å². The van der Waals surface area contributed by atoms with Crippen LogP contribution in [0.1, 0.15) is 66.3 Å². The summed E-state index contributed by atoms with van der Waals surface area (Å²) in [5.74, 6) is -1.09. The highest BCUT2D eigenvalue weighted by Gasteiger charge is 2.40. The van der Waals surface area contributed by atoms with Crippen LogP contribution in [0.15, 0.2) is 24.3 Å². The molecule has 0 aromatic heterocycles. The van der Waals surface area contributed by atoms with Gasteiger partial charge in [-0.3, -0.25) is 14.5 Å². The normalized spacial score (nSPS) is 17.3. The van der Waals surface area contributed by atoms with Gasteiger partial charge >= 0.3 is 11.9 Å². The molecule has 2 aromatic carbocycles. The molecular formula is C28H35ClN2O7. The summed E-state index contributed by atoms with van der Waals surface area (Å²) in [6, 6.07) is 6.53. The fourth-order valence-corrected chi connectivity index (χ4v) is 5.05. The summed E-state index contributed by atoms with van der Waals surface area (Å²) >= 11 is 6.46. The highest BCUT2D eigenvalue weighted by Crippen LogP contribution is 2.48. The molecule has 0 aliphatic carbocycles. The summed E-state index contributed by atoms with van der Waals surface area (Å²) in [4.78, 5) is 40.0. The number of Topliss-reactive ketones (excluding diaryl/α,β-unsaturated/α-hetero) is 1. The van der Waals surface area contributed by atoms with Crippen LogP contribution in [0.5, 0.6) is 17.2 Å². The minimum atomic E-state index is -0.729. The zero-order chi connectivity index (χ0) is 28.1. The van der Waals surface area contributed by atoms with Gasteiger partial charge in [-0.15, -0.1) is 0 Å². The fraction of sp³-hybridized carbons (Fsp3) is 0.464. The number of likely N-dealkylation sites (N-methyl/N-ethyl adjacent to an activating group) is 1. The van der Waals surface area contributed by atoms with E-state index in [1.54, 1.807) is 24.3 Å². The molecule has 0 saturated carbocycles. The summed E-state index contributed by atoms with van der Waals surface area (Å²) in [6.07, 6.45) is 0.656. The van der Waals surface area contributed by atoms with E-state index in [4.69, 9.17) is 30.5 Å². The van der Waals surface area contributed by atoms with E-state index < -0.39 is 11.9 Å². The van der Waals surface area contributed by atoms with Crippen molar-refractivity contribution in [1.29, 1.82) is 0 Å². The first-order valence-corrected chi connectivity index (χ1v) is 12.8. The van der Waals surface area contributed by atoms with Gasteiger partial charge < -0.3 is 24.3 Å². The summed E-state index contributed by atoms with van der Waals surface area (Å²) < 4.78 is 22.5. The Labute approximate surface area is 228 Å². The van der Waals surface area contributed by atoms with Crippen molar-refractivity contribution in [2.24, 2.45) is 0 Å². The molecule has 1 aliphatic heterocycles. The van der Waals surface area contributed by atoms with Gasteiger partial charge in [-0.1, -0.05) is 11.6 Å². The van der Waals surface area contributed by atoms with Crippen molar-refractivity contribution in [1.82, 2.24) is 4.90 Å². The highest BCUT2D eigenvalue weighted by atomic mass is 35.5. The van der Waals surface area contributed by atoms with Crippen LogP contribution in [0, 0.1) is 0 Å². The summed E-state index contributed by atoms with van der Waals surface area (Å²) in [5, 5.41) is 3.44. The molecule has 206 valence electrons. The summed E-state index contributed by atoms with van der Waals surface area (Å²) in [7, 11) is 4.85. The molecule has 0 amide bonds. The highest BCUT2D eigenvalue weighted by molar-refractivity contribution is 6.34. The Kier molecular flexibility index (Phi) is 9.62. The van der Waals surface area contributed by atoms with Crippen molar-refractivity contribution in [2.75, 3.05) is 39.7 Å². The predicted molar refractivity (Wildman–Crippen MR) is 145 cm³/mol. The zero-order valence-electron chi connectivity index (χ0n) is 22.8. The van der Waals surface area contributed by atoms with Gasteiger partial charge in [-0.2, -0.15) is 0 Å². The number of carbonyl (C=O) groups excluding carboxylic acids is 3. The van der Waals surface area contributed by atoms with Gasteiger partial charge in [0.15, 0.2) is 11.5 Å². The Morgan fingerprint density at radius 2 is 1.79 bits per heavy atom. The van der Waals surface area contributed by atoms with Crippen LogP contribution >= 0.6 is 11.6 Å². The summed E-state index contributed by atoms with van der Waals surface area (Å²) in [6.45, 7) is 7.54. The number of nitrogens with zero attached hydrogens (tertiary/aromatic N) is 1. The molecule has 1 heterocycles. The smallest absolute Gasteiger partial charge is 0.345 e. The number of benzene rings is 2. The van der Waals surface area contributed by atoms with E-state index in [-0.39, 0.29) is 58.0 Å². The number of rotatable bonds is 10. The second-order valence-corrected chi connectivity index (χ2v) is 9.99. The maximum Gasteiger partial charge on any atom is 0.345 e. The average molecular weight is 547 g/mol. The number of nitrogens with one attached hydrogen (secondary N) is 1. The molecule has 3 rings (SSSR count). The number of ether oxygens (including phenoxy) is 4. The largest absolute Gasteiger partial charge is 0.496 e. The average Bonchev–Trinajstić information content (AvgIpc) is 3.20. The molecule has 1 fully saturated rings. The Morgan fingerprint density at radius 1 is 1.11 bits per heavy atom. The van der Waals surface area contributed by atoms with Crippen LogP contribution in [0.4, 0.5) is 5.69 Å². The lowest BCUT2D eigenvalue weighted by Crippen LogP contribution is -2.34. The molecule has 10 heteroatoms. The molecule has 2 aromatic rings. The van der Waals surface area contributed by atoms with Crippen LogP contribution in [-0.2, 0) is 9.53 Å². The molecule has 0 bridgehead atoms. The Bertz CT molecular complexity index is 1210. The third-order valence-corrected chi connectivity index (χ3v) is 6.84. The minimum absolute atomic E-state index is 0.0484. The number of carbonyl (C=O) groups is 3. The topological polar surface area (TPSA) is 103 Å². The second-order valence-electron chi connectivity index (χ2n) is 9.58. The van der Waals surface area contributed by atoms with Crippen LogP contribution in [0.25, 0.3) is 0 Å². The first-order chi connectivity index (χ1) is 18.0. The van der Waals surface area contributed by atoms with Gasteiger partial charge in [-0.25, -0.2) is 4.79 Å². The van der Waals surface area contributed by atoms with E-state index in [1.807, 2.05) is 20.9 Å². The third kappa shape index (κ3) is 6.39. The molecule has 1 N–H and O–H groups in total. The van der Waals surface area contributed by atoms with Crippen LogP contribution in [0.2, 0.25) is 5.02 Å². The quantitative estimate of drug-likeness (QED) is 0.252. The first-order valence-electron chi connectivity index (χ1n) is 12.4. The van der Waals surface area contributed by atoms with E-state index >= 15 is 0 Å². The number of halogens is 1. The van der Waals surface area contributed by atoms with Crippen LogP contribution < -0.4 is 19.5 Å². The molecule has 9 nitrogen and oxygen atoms in total. The number of esters is 2. The van der Waals surface area contributed by atoms with Gasteiger partial charge in [0.2, 0.25) is 0 Å². The zero-order valence-corrected chi connectivity index (χ0v) is 23.6. The minimum Gasteiger partial charge on any atom is -0.496 e. The molecule has 2 atom stereocenters. The molecule has 0 radical (unpaired) electrons. The Morgan fingerprint density at radius 3 is 2.34 bits per heavy atom. The second kappa shape index (κ2) is 12.5. The van der Waals surface area contributed by atoms with Crippen molar-refractivity contribution in [3.63, 3.8) is 0 Å². The van der Waals surface area contributed by atoms with E-state index in [0.717, 1.165) is 5.69 Å². The van der Waals surface area contributed by atoms with E-state index in [0.29, 0.717) is 24.3 Å².